The maximum absolute atomic E-state index is 13.4. The monoisotopic (exact) mass is 416 g/mol. The first kappa shape index (κ1) is 19.9. The van der Waals surface area contributed by atoms with Crippen molar-refractivity contribution < 1.29 is 30.1 Å². The number of nitrogens with zero attached hydrogens (tertiary/aromatic N) is 3. The number of carbonyl (C=O) groups is 1. The summed E-state index contributed by atoms with van der Waals surface area (Å²) in [4.78, 5) is 16.3. The Morgan fingerprint density at radius 1 is 1.39 bits per heavy atom. The molecule has 0 saturated carbocycles. The Balaban J connectivity index is 2.20. The number of anilines is 1. The largest absolute Gasteiger partial charge is 0.488 e. The van der Waals surface area contributed by atoms with E-state index in [0.717, 1.165) is 6.20 Å². The molecule has 1 N–H and O–H groups in total. The lowest BCUT2D eigenvalue weighted by atomic mass is 10.0. The van der Waals surface area contributed by atoms with Crippen LogP contribution in [0.4, 0.5) is 18.4 Å². The van der Waals surface area contributed by atoms with Crippen molar-refractivity contribution in [2.75, 3.05) is 5.32 Å². The molecule has 1 amide bonds. The number of allylic oxidation sites excluding steroid dienone is 1. The third-order valence-corrected chi connectivity index (χ3v) is 4.47. The zero-order valence-corrected chi connectivity index (χ0v) is 15.3. The van der Waals surface area contributed by atoms with Crippen molar-refractivity contribution in [2.24, 2.45) is 5.92 Å². The fourth-order valence-electron chi connectivity index (χ4n) is 2.74. The average Bonchev–Trinajstić information content (AvgIpc) is 3.03. The zero-order chi connectivity index (χ0) is 20.5. The molecule has 0 saturated heterocycles. The van der Waals surface area contributed by atoms with Crippen LogP contribution >= 0.6 is 0 Å². The summed E-state index contributed by atoms with van der Waals surface area (Å²) in [6.45, 7) is -1.39. The van der Waals surface area contributed by atoms with E-state index in [-0.39, 0.29) is 35.5 Å². The fraction of sp³-hybridized carbons (Fsp3) is 0.312. The smallest absolute Gasteiger partial charge is 0.356 e. The lowest BCUT2D eigenvalue weighted by Gasteiger charge is -2.15. The van der Waals surface area contributed by atoms with Gasteiger partial charge in [0.1, 0.15) is 5.69 Å². The van der Waals surface area contributed by atoms with Gasteiger partial charge >= 0.3 is 17.1 Å². The van der Waals surface area contributed by atoms with E-state index in [1.165, 1.54) is 24.4 Å². The first-order chi connectivity index (χ1) is 13.2. The van der Waals surface area contributed by atoms with Crippen LogP contribution in [0.5, 0.6) is 0 Å². The van der Waals surface area contributed by atoms with Crippen LogP contribution in [0.3, 0.4) is 0 Å². The van der Waals surface area contributed by atoms with Crippen molar-refractivity contribution in [3.8, 4) is 11.3 Å². The molecule has 3 heterocycles. The minimum atomic E-state index is -5.34. The number of halogens is 3. The van der Waals surface area contributed by atoms with Gasteiger partial charge in [-0.25, -0.2) is 4.68 Å². The minimum absolute atomic E-state index is 0.0550. The molecule has 28 heavy (non-hydrogen) atoms. The Labute approximate surface area is 158 Å². The summed E-state index contributed by atoms with van der Waals surface area (Å²) in [5.74, 6) is -1.38. The molecule has 2 bridgehead atoms. The van der Waals surface area contributed by atoms with E-state index >= 15 is 0 Å². The van der Waals surface area contributed by atoms with Crippen LogP contribution < -0.4 is 5.32 Å². The second-order valence-electron chi connectivity index (χ2n) is 6.07. The van der Waals surface area contributed by atoms with Crippen molar-refractivity contribution in [3.63, 3.8) is 0 Å². The Morgan fingerprint density at radius 3 is 2.82 bits per heavy atom. The predicted octanol–water partition coefficient (Wildman–Crippen LogP) is 3.28. The van der Waals surface area contributed by atoms with E-state index in [1.807, 2.05) is 0 Å². The van der Waals surface area contributed by atoms with Crippen LogP contribution in [0.1, 0.15) is 32.0 Å². The minimum Gasteiger partial charge on any atom is -0.356 e. The number of carbonyl (C=O) groups excluding carboxylic acids is 1. The maximum atomic E-state index is 13.4. The van der Waals surface area contributed by atoms with Crippen LogP contribution in [0.25, 0.3) is 17.0 Å². The molecule has 0 spiro atoms. The van der Waals surface area contributed by atoms with Gasteiger partial charge in [-0.3, -0.25) is 9.78 Å². The van der Waals surface area contributed by atoms with Crippen LogP contribution in [0.15, 0.2) is 30.6 Å². The quantitative estimate of drug-likeness (QED) is 0.771. The second kappa shape index (κ2) is 7.62. The molecule has 2 aromatic rings. The molecule has 0 fully saturated rings. The number of aromatic nitrogens is 3. The highest BCUT2D eigenvalue weighted by molar-refractivity contribution is 7.81. The van der Waals surface area contributed by atoms with Crippen molar-refractivity contribution in [2.45, 2.75) is 26.3 Å². The Morgan fingerprint density at radius 2 is 2.14 bits per heavy atom. The molecule has 1 atom stereocenters. The molecule has 0 aliphatic carbocycles. The van der Waals surface area contributed by atoms with E-state index < -0.39 is 34.6 Å². The summed E-state index contributed by atoms with van der Waals surface area (Å²) in [5.41, 5.74) is 0.0185. The molecule has 8 nitrogen and oxygen atoms in total. The predicted molar refractivity (Wildman–Crippen MR) is 92.8 cm³/mol. The molecule has 3 rings (SSSR count). The lowest BCUT2D eigenvalue weighted by molar-refractivity contribution is -0.119. The standard InChI is InChI=1S/C16H15F3N4O4S/c1-9-3-2-4-13(27-28(19,25)26)11-7-10(5-6-20-11)14-12(22-15(9)24)8-21-23(14)16(17)18/h4-9,16H,2-3H2,1H3,(H,22,24)/b13-4+. The van der Waals surface area contributed by atoms with Gasteiger partial charge in [0, 0.05) is 17.7 Å². The van der Waals surface area contributed by atoms with E-state index in [0.29, 0.717) is 4.68 Å². The third kappa shape index (κ3) is 4.32. The summed E-state index contributed by atoms with van der Waals surface area (Å²) in [7, 11) is -5.34. The normalized spacial score (nSPS) is 19.7. The number of hydrogen-bond acceptors (Lipinski definition) is 6. The highest BCUT2D eigenvalue weighted by Gasteiger charge is 2.24. The third-order valence-electron chi connectivity index (χ3n) is 4.09. The van der Waals surface area contributed by atoms with E-state index in [9.17, 15) is 25.9 Å². The SMILES string of the molecule is CC1CC/C=C(/OS(=O)(=O)F)c2cc(ccn2)-c2c(cnn2C(F)F)NC1=O. The molecule has 2 aromatic heterocycles. The molecule has 0 aromatic carbocycles. The van der Waals surface area contributed by atoms with Gasteiger partial charge in [-0.1, -0.05) is 10.8 Å². The van der Waals surface area contributed by atoms with E-state index in [4.69, 9.17) is 0 Å². The molecular formula is C16H15F3N4O4S. The topological polar surface area (TPSA) is 103 Å². The molecule has 150 valence electrons. The molecule has 0 radical (unpaired) electrons. The summed E-state index contributed by atoms with van der Waals surface area (Å²) in [5, 5.41) is 6.19. The molecule has 12 heteroatoms. The summed E-state index contributed by atoms with van der Waals surface area (Å²) in [6, 6.07) is 2.61. The molecule has 1 aliphatic rings. The first-order valence-corrected chi connectivity index (χ1v) is 9.44. The van der Waals surface area contributed by atoms with Crippen molar-refractivity contribution in [1.29, 1.82) is 0 Å². The van der Waals surface area contributed by atoms with Crippen LogP contribution in [0.2, 0.25) is 0 Å². The summed E-state index contributed by atoms with van der Waals surface area (Å²) in [6.07, 6.45) is 4.05. The number of amides is 1. The van der Waals surface area contributed by atoms with Gasteiger partial charge in [0.2, 0.25) is 5.91 Å². The van der Waals surface area contributed by atoms with Gasteiger partial charge in [-0.05, 0) is 31.1 Å². The fourth-order valence-corrected chi connectivity index (χ4v) is 3.11. The van der Waals surface area contributed by atoms with E-state index in [2.05, 4.69) is 19.6 Å². The first-order valence-electron chi connectivity index (χ1n) is 8.13. The molecule has 1 aliphatic heterocycles. The summed E-state index contributed by atoms with van der Waals surface area (Å²) < 4.78 is 66.5. The highest BCUT2D eigenvalue weighted by atomic mass is 32.3. The van der Waals surface area contributed by atoms with E-state index in [1.54, 1.807) is 6.92 Å². The number of nitrogens with one attached hydrogen (secondary N) is 1. The Kier molecular flexibility index (Phi) is 5.40. The molecular weight excluding hydrogens is 401 g/mol. The number of hydrogen-bond donors (Lipinski definition) is 1. The number of rotatable bonds is 3. The Bertz CT molecular complexity index is 1040. The van der Waals surface area contributed by atoms with Crippen molar-refractivity contribution in [1.82, 2.24) is 14.8 Å². The van der Waals surface area contributed by atoms with Crippen molar-refractivity contribution >= 4 is 27.9 Å². The molecule has 1 unspecified atom stereocenters. The number of alkyl halides is 2. The maximum Gasteiger partial charge on any atom is 0.488 e. The van der Waals surface area contributed by atoms with Gasteiger partial charge in [0.15, 0.2) is 5.76 Å². The van der Waals surface area contributed by atoms with Crippen LogP contribution in [-0.4, -0.2) is 29.1 Å². The highest BCUT2D eigenvalue weighted by Crippen LogP contribution is 2.33. The van der Waals surface area contributed by atoms with Crippen LogP contribution in [-0.2, 0) is 19.5 Å². The second-order valence-corrected chi connectivity index (χ2v) is 7.02. The summed E-state index contributed by atoms with van der Waals surface area (Å²) >= 11 is 0. The average molecular weight is 416 g/mol. The van der Waals surface area contributed by atoms with Gasteiger partial charge in [-0.15, -0.1) is 0 Å². The van der Waals surface area contributed by atoms with Gasteiger partial charge < -0.3 is 9.50 Å². The number of pyridine rings is 1. The van der Waals surface area contributed by atoms with Crippen LogP contribution in [0, 0.1) is 5.92 Å². The lowest BCUT2D eigenvalue weighted by Crippen LogP contribution is -2.20. The van der Waals surface area contributed by atoms with Gasteiger partial charge in [0.25, 0.3) is 0 Å². The van der Waals surface area contributed by atoms with Gasteiger partial charge in [-0.2, -0.15) is 22.3 Å². The van der Waals surface area contributed by atoms with Crippen molar-refractivity contribution in [3.05, 3.63) is 36.3 Å². The number of fused-ring (bicyclic) bond motifs is 4. The van der Waals surface area contributed by atoms with Gasteiger partial charge in [0.05, 0.1) is 17.6 Å². The Hall–Kier alpha value is -2.89. The zero-order valence-electron chi connectivity index (χ0n) is 14.5.